The summed E-state index contributed by atoms with van der Waals surface area (Å²) in [5.41, 5.74) is -0.221. The highest BCUT2D eigenvalue weighted by molar-refractivity contribution is 7.89. The van der Waals surface area contributed by atoms with E-state index < -0.39 is 15.6 Å². The third kappa shape index (κ3) is 3.30. The van der Waals surface area contributed by atoms with Gasteiger partial charge in [0, 0.05) is 5.54 Å². The minimum Gasteiger partial charge on any atom is -0.317 e. The molecule has 0 amide bonds. The molecule has 0 bridgehead atoms. The Bertz CT molecular complexity index is 646. The first-order chi connectivity index (χ1) is 9.36. The first-order valence-corrected chi connectivity index (χ1v) is 8.17. The van der Waals surface area contributed by atoms with Crippen molar-refractivity contribution in [2.24, 2.45) is 0 Å². The van der Waals surface area contributed by atoms with E-state index in [4.69, 9.17) is 16.9 Å². The number of piperidine rings is 1. The molecule has 1 aromatic carbocycles. The second kappa shape index (κ2) is 5.70. The van der Waals surface area contributed by atoms with Gasteiger partial charge in [0.25, 0.3) is 0 Å². The van der Waals surface area contributed by atoms with Gasteiger partial charge in [0.15, 0.2) is 0 Å². The van der Waals surface area contributed by atoms with Gasteiger partial charge in [-0.1, -0.05) is 11.6 Å². The molecule has 2 N–H and O–H groups in total. The second-order valence-corrected chi connectivity index (χ2v) is 7.23. The van der Waals surface area contributed by atoms with Crippen LogP contribution in [0, 0.1) is 11.3 Å². The summed E-state index contributed by atoms with van der Waals surface area (Å²) in [4.78, 5) is -0.0435. The Balaban J connectivity index is 2.33. The van der Waals surface area contributed by atoms with E-state index in [2.05, 4.69) is 10.0 Å². The molecule has 2 rings (SSSR count). The topological polar surface area (TPSA) is 82.0 Å². The molecule has 0 saturated carbocycles. The summed E-state index contributed by atoms with van der Waals surface area (Å²) in [5.74, 6) is 0. The van der Waals surface area contributed by atoms with Crippen LogP contribution < -0.4 is 10.0 Å². The van der Waals surface area contributed by atoms with E-state index in [1.165, 1.54) is 18.2 Å². The lowest BCUT2D eigenvalue weighted by Crippen LogP contribution is -2.52. The van der Waals surface area contributed by atoms with Gasteiger partial charge in [-0.3, -0.25) is 0 Å². The predicted octanol–water partition coefficient (Wildman–Crippen LogP) is 1.63. The van der Waals surface area contributed by atoms with Gasteiger partial charge in [-0.15, -0.1) is 0 Å². The van der Waals surface area contributed by atoms with Crippen LogP contribution in [0.3, 0.4) is 0 Å². The van der Waals surface area contributed by atoms with Gasteiger partial charge in [-0.25, -0.2) is 13.1 Å². The number of halogens is 1. The number of rotatable bonds is 3. The summed E-state index contributed by atoms with van der Waals surface area (Å²) in [6.07, 6.45) is 1.42. The van der Waals surface area contributed by atoms with Crippen LogP contribution in [0.25, 0.3) is 0 Å². The molecule has 1 fully saturated rings. The van der Waals surface area contributed by atoms with E-state index in [9.17, 15) is 8.42 Å². The molecule has 0 radical (unpaired) electrons. The van der Waals surface area contributed by atoms with Crippen LogP contribution in [-0.2, 0) is 10.0 Å². The monoisotopic (exact) mass is 313 g/mol. The Morgan fingerprint density at radius 1 is 1.40 bits per heavy atom. The maximum absolute atomic E-state index is 12.5. The average Bonchev–Trinajstić information content (AvgIpc) is 2.38. The lowest BCUT2D eigenvalue weighted by molar-refractivity contribution is 0.308. The van der Waals surface area contributed by atoms with Crippen LogP contribution in [0.4, 0.5) is 0 Å². The van der Waals surface area contributed by atoms with Crippen LogP contribution in [0.15, 0.2) is 23.1 Å². The largest absolute Gasteiger partial charge is 0.317 e. The zero-order chi connectivity index (χ0) is 14.8. The molecule has 0 aromatic heterocycles. The van der Waals surface area contributed by atoms with Gasteiger partial charge in [-0.2, -0.15) is 5.26 Å². The lowest BCUT2D eigenvalue weighted by Gasteiger charge is -2.34. The van der Waals surface area contributed by atoms with Gasteiger partial charge >= 0.3 is 0 Å². The Morgan fingerprint density at radius 2 is 2.05 bits per heavy atom. The molecule has 7 heteroatoms. The maximum Gasteiger partial charge on any atom is 0.242 e. The van der Waals surface area contributed by atoms with Gasteiger partial charge in [-0.05, 0) is 51.1 Å². The minimum absolute atomic E-state index is 0.0435. The van der Waals surface area contributed by atoms with Crippen molar-refractivity contribution in [2.75, 3.05) is 13.1 Å². The Morgan fingerprint density at radius 3 is 2.65 bits per heavy atom. The van der Waals surface area contributed by atoms with Crippen molar-refractivity contribution in [3.8, 4) is 6.07 Å². The van der Waals surface area contributed by atoms with Crippen molar-refractivity contribution < 1.29 is 8.42 Å². The van der Waals surface area contributed by atoms with E-state index in [1.807, 2.05) is 13.0 Å². The smallest absolute Gasteiger partial charge is 0.242 e. The summed E-state index contributed by atoms with van der Waals surface area (Å²) in [7, 11) is -3.74. The normalized spacial score (nSPS) is 18.4. The van der Waals surface area contributed by atoms with Gasteiger partial charge < -0.3 is 5.32 Å². The first kappa shape index (κ1) is 15.3. The Hall–Kier alpha value is -1.13. The number of nitrogens with zero attached hydrogens (tertiary/aromatic N) is 1. The molecule has 0 aliphatic carbocycles. The van der Waals surface area contributed by atoms with E-state index in [-0.39, 0.29) is 15.5 Å². The van der Waals surface area contributed by atoms with Crippen LogP contribution in [0.2, 0.25) is 5.02 Å². The Kier molecular flexibility index (Phi) is 4.35. The average molecular weight is 314 g/mol. The zero-order valence-electron chi connectivity index (χ0n) is 11.1. The molecule has 1 heterocycles. The van der Waals surface area contributed by atoms with Crippen LogP contribution in [-0.4, -0.2) is 27.0 Å². The van der Waals surface area contributed by atoms with Crippen molar-refractivity contribution in [1.82, 2.24) is 10.0 Å². The number of nitrogens with one attached hydrogen (secondary N) is 2. The van der Waals surface area contributed by atoms with Crippen LogP contribution in [0.1, 0.15) is 25.3 Å². The second-order valence-electron chi connectivity index (χ2n) is 5.17. The molecule has 1 aliphatic rings. The molecule has 0 spiro atoms. The van der Waals surface area contributed by atoms with Crippen LogP contribution >= 0.6 is 11.6 Å². The van der Waals surface area contributed by atoms with Gasteiger partial charge in [0.1, 0.15) is 4.90 Å². The summed E-state index contributed by atoms with van der Waals surface area (Å²) >= 11 is 5.96. The molecular weight excluding hydrogens is 298 g/mol. The Labute approximate surface area is 124 Å². The van der Waals surface area contributed by atoms with E-state index in [0.717, 1.165) is 13.1 Å². The van der Waals surface area contributed by atoms with Crippen molar-refractivity contribution in [3.05, 3.63) is 28.8 Å². The molecule has 0 atom stereocenters. The summed E-state index contributed by atoms with van der Waals surface area (Å²) in [5, 5.41) is 12.2. The van der Waals surface area contributed by atoms with Crippen molar-refractivity contribution in [2.45, 2.75) is 30.2 Å². The van der Waals surface area contributed by atoms with E-state index in [1.54, 1.807) is 0 Å². The van der Waals surface area contributed by atoms with E-state index in [0.29, 0.717) is 12.8 Å². The van der Waals surface area contributed by atoms with Gasteiger partial charge in [0.05, 0.1) is 16.7 Å². The number of sulfonamides is 1. The van der Waals surface area contributed by atoms with Gasteiger partial charge in [0.2, 0.25) is 10.0 Å². The number of hydrogen-bond acceptors (Lipinski definition) is 4. The molecule has 0 unspecified atom stereocenters. The van der Waals surface area contributed by atoms with Crippen molar-refractivity contribution >= 4 is 21.6 Å². The minimum atomic E-state index is -3.74. The fourth-order valence-corrected chi connectivity index (χ4v) is 4.23. The number of hydrogen-bond donors (Lipinski definition) is 2. The third-order valence-corrected chi connectivity index (χ3v) is 5.56. The number of benzene rings is 1. The predicted molar refractivity (Wildman–Crippen MR) is 77.0 cm³/mol. The molecule has 1 saturated heterocycles. The standard InChI is InChI=1S/C13H16ClN3O2S/c1-13(4-6-16-7-5-13)17-20(18,19)12-8-10(9-15)2-3-11(12)14/h2-3,8,16-17H,4-7H2,1H3. The highest BCUT2D eigenvalue weighted by Crippen LogP contribution is 2.26. The molecule has 20 heavy (non-hydrogen) atoms. The number of nitriles is 1. The van der Waals surface area contributed by atoms with E-state index >= 15 is 0 Å². The summed E-state index contributed by atoms with van der Waals surface area (Å²) in [6.45, 7) is 3.42. The first-order valence-electron chi connectivity index (χ1n) is 6.31. The molecular formula is C13H16ClN3O2S. The van der Waals surface area contributed by atoms with Crippen LogP contribution in [0.5, 0.6) is 0 Å². The quantitative estimate of drug-likeness (QED) is 0.888. The maximum atomic E-state index is 12.5. The fourth-order valence-electron chi connectivity index (χ4n) is 2.24. The highest BCUT2D eigenvalue weighted by Gasteiger charge is 2.33. The highest BCUT2D eigenvalue weighted by atomic mass is 35.5. The van der Waals surface area contributed by atoms with Crippen molar-refractivity contribution in [3.63, 3.8) is 0 Å². The molecule has 108 valence electrons. The summed E-state index contributed by atoms with van der Waals surface area (Å²) < 4.78 is 27.7. The zero-order valence-corrected chi connectivity index (χ0v) is 12.7. The lowest BCUT2D eigenvalue weighted by atomic mass is 9.92. The van der Waals surface area contributed by atoms with Crippen molar-refractivity contribution in [1.29, 1.82) is 5.26 Å². The SMILES string of the molecule is CC1(NS(=O)(=O)c2cc(C#N)ccc2Cl)CCNCC1. The molecule has 5 nitrogen and oxygen atoms in total. The fraction of sp³-hybridized carbons (Fsp3) is 0.462. The molecule has 1 aromatic rings. The molecule has 1 aliphatic heterocycles. The third-order valence-electron chi connectivity index (χ3n) is 3.44. The summed E-state index contributed by atoms with van der Waals surface area (Å²) in [6, 6.07) is 6.14.